The summed E-state index contributed by atoms with van der Waals surface area (Å²) in [5.41, 5.74) is 4.88. The number of nitrogens with one attached hydrogen (secondary N) is 1. The zero-order chi connectivity index (χ0) is 18.8. The summed E-state index contributed by atoms with van der Waals surface area (Å²) in [6.45, 7) is 1.95. The average molecular weight is 396 g/mol. The molecule has 1 N–H and O–H groups in total. The van der Waals surface area contributed by atoms with Crippen molar-refractivity contribution in [2.75, 3.05) is 5.32 Å². The highest BCUT2D eigenvalue weighted by Crippen LogP contribution is 2.24. The number of amides is 1. The summed E-state index contributed by atoms with van der Waals surface area (Å²) in [5, 5.41) is 5.63. The molecule has 0 unspecified atom stereocenters. The number of aryl methyl sites for hydroxylation is 2. The van der Waals surface area contributed by atoms with Gasteiger partial charge in [-0.15, -0.1) is 11.3 Å². The van der Waals surface area contributed by atoms with E-state index >= 15 is 0 Å². The van der Waals surface area contributed by atoms with Gasteiger partial charge >= 0.3 is 0 Å². The summed E-state index contributed by atoms with van der Waals surface area (Å²) < 4.78 is 2.07. The van der Waals surface area contributed by atoms with E-state index < -0.39 is 0 Å². The minimum atomic E-state index is -0.0249. The number of nitrogens with zero attached hydrogens (tertiary/aromatic N) is 2. The van der Waals surface area contributed by atoms with Crippen LogP contribution in [0.1, 0.15) is 17.7 Å². The Hall–Kier alpha value is -2.63. The number of thiazole rings is 1. The maximum Gasteiger partial charge on any atom is 0.224 e. The van der Waals surface area contributed by atoms with Gasteiger partial charge in [-0.1, -0.05) is 48.0 Å². The van der Waals surface area contributed by atoms with E-state index in [-0.39, 0.29) is 5.91 Å². The van der Waals surface area contributed by atoms with Gasteiger partial charge < -0.3 is 5.32 Å². The quantitative estimate of drug-likeness (QED) is 0.478. The van der Waals surface area contributed by atoms with Crippen LogP contribution in [0.5, 0.6) is 0 Å². The third kappa shape index (κ3) is 3.89. The molecule has 0 saturated carbocycles. The van der Waals surface area contributed by atoms with Gasteiger partial charge in [0.15, 0.2) is 4.96 Å². The van der Waals surface area contributed by atoms with Crippen molar-refractivity contribution in [2.24, 2.45) is 0 Å². The second kappa shape index (κ2) is 7.55. The Balaban J connectivity index is 1.46. The number of hydrogen-bond acceptors (Lipinski definition) is 3. The highest BCUT2D eigenvalue weighted by atomic mass is 35.5. The van der Waals surface area contributed by atoms with E-state index in [2.05, 4.69) is 20.1 Å². The second-order valence-electron chi connectivity index (χ2n) is 6.38. The molecule has 4 aromatic rings. The van der Waals surface area contributed by atoms with Crippen LogP contribution in [-0.4, -0.2) is 15.3 Å². The number of carbonyl (C=O) groups excluding carboxylic acids is 1. The summed E-state index contributed by atoms with van der Waals surface area (Å²) in [7, 11) is 0. The van der Waals surface area contributed by atoms with Gasteiger partial charge in [-0.05, 0) is 31.0 Å². The molecule has 2 heterocycles. The fraction of sp³-hybridized carbons (Fsp3) is 0.143. The van der Waals surface area contributed by atoms with Gasteiger partial charge in [-0.2, -0.15) is 0 Å². The Bertz CT molecular complexity index is 1100. The Morgan fingerprint density at radius 1 is 1.22 bits per heavy atom. The number of anilines is 1. The molecular weight excluding hydrogens is 378 g/mol. The van der Waals surface area contributed by atoms with Crippen molar-refractivity contribution < 1.29 is 4.79 Å². The van der Waals surface area contributed by atoms with E-state index in [4.69, 9.17) is 11.6 Å². The Kier molecular flexibility index (Phi) is 4.97. The lowest BCUT2D eigenvalue weighted by Crippen LogP contribution is -2.13. The first-order valence-corrected chi connectivity index (χ1v) is 9.93. The number of fused-ring (bicyclic) bond motifs is 1. The molecule has 0 fully saturated rings. The predicted molar refractivity (Wildman–Crippen MR) is 112 cm³/mol. The fourth-order valence-corrected chi connectivity index (χ4v) is 4.02. The van der Waals surface area contributed by atoms with Gasteiger partial charge in [0.1, 0.15) is 0 Å². The maximum absolute atomic E-state index is 12.4. The normalized spacial score (nSPS) is 11.0. The monoisotopic (exact) mass is 395 g/mol. The minimum Gasteiger partial charge on any atom is -0.326 e. The molecular formula is C21H18ClN3OS. The van der Waals surface area contributed by atoms with Crippen LogP contribution >= 0.6 is 22.9 Å². The Labute approximate surface area is 166 Å². The third-order valence-electron chi connectivity index (χ3n) is 4.43. The first-order chi connectivity index (χ1) is 13.1. The molecule has 1 amide bonds. The summed E-state index contributed by atoms with van der Waals surface area (Å²) in [6, 6.07) is 15.6. The molecule has 0 atom stereocenters. The van der Waals surface area contributed by atoms with Crippen LogP contribution in [0, 0.1) is 6.92 Å². The lowest BCUT2D eigenvalue weighted by Gasteiger charge is -2.08. The highest BCUT2D eigenvalue weighted by Gasteiger charge is 2.12. The second-order valence-corrected chi connectivity index (χ2v) is 7.65. The number of rotatable bonds is 5. The van der Waals surface area contributed by atoms with Crippen LogP contribution in [0.15, 0.2) is 60.1 Å². The summed E-state index contributed by atoms with van der Waals surface area (Å²) >= 11 is 7.61. The fourth-order valence-electron chi connectivity index (χ4n) is 2.94. The Morgan fingerprint density at radius 2 is 2.04 bits per heavy atom. The van der Waals surface area contributed by atoms with E-state index in [1.54, 1.807) is 17.4 Å². The van der Waals surface area contributed by atoms with Gasteiger partial charge in [-0.25, -0.2) is 4.98 Å². The number of carbonyl (C=O) groups is 1. The van der Waals surface area contributed by atoms with Crippen LogP contribution in [0.25, 0.3) is 16.2 Å². The smallest absolute Gasteiger partial charge is 0.224 e. The van der Waals surface area contributed by atoms with Crippen molar-refractivity contribution in [3.8, 4) is 11.3 Å². The Morgan fingerprint density at radius 3 is 2.85 bits per heavy atom. The van der Waals surface area contributed by atoms with Gasteiger partial charge in [-0.3, -0.25) is 9.20 Å². The molecule has 2 aromatic carbocycles. The van der Waals surface area contributed by atoms with Crippen LogP contribution in [-0.2, 0) is 11.2 Å². The number of halogens is 1. The number of benzene rings is 2. The molecule has 0 bridgehead atoms. The molecule has 0 saturated heterocycles. The summed E-state index contributed by atoms with van der Waals surface area (Å²) in [4.78, 5) is 18.0. The summed E-state index contributed by atoms with van der Waals surface area (Å²) in [5.74, 6) is -0.0249. The first kappa shape index (κ1) is 17.8. The molecule has 4 rings (SSSR count). The molecule has 0 aliphatic heterocycles. The van der Waals surface area contributed by atoms with Crippen LogP contribution in [0.3, 0.4) is 0 Å². The van der Waals surface area contributed by atoms with E-state index in [1.807, 2.05) is 55.6 Å². The molecule has 0 radical (unpaired) electrons. The molecule has 2 aromatic heterocycles. The lowest BCUT2D eigenvalue weighted by atomic mass is 10.2. The predicted octanol–water partition coefficient (Wildman–Crippen LogP) is 5.60. The summed E-state index contributed by atoms with van der Waals surface area (Å²) in [6.07, 6.45) is 3.09. The largest absolute Gasteiger partial charge is 0.326 e. The van der Waals surface area contributed by atoms with Crippen molar-refractivity contribution in [3.05, 3.63) is 76.4 Å². The van der Waals surface area contributed by atoms with Gasteiger partial charge in [0.25, 0.3) is 0 Å². The van der Waals surface area contributed by atoms with E-state index in [9.17, 15) is 4.79 Å². The number of hydrogen-bond donors (Lipinski definition) is 1. The van der Waals surface area contributed by atoms with Crippen molar-refractivity contribution in [1.29, 1.82) is 0 Å². The van der Waals surface area contributed by atoms with Crippen LogP contribution in [0.2, 0.25) is 5.02 Å². The standard InChI is InChI=1S/C21H18ClN3OS/c1-14-7-8-16(22)11-18(14)23-20(26)10-9-17-13-27-21-24-19(12-25(17)21)15-5-3-2-4-6-15/h2-8,11-13H,9-10H2,1H3,(H,23,26). The van der Waals surface area contributed by atoms with Crippen LogP contribution in [0.4, 0.5) is 5.69 Å². The van der Waals surface area contributed by atoms with Crippen LogP contribution < -0.4 is 5.32 Å². The van der Waals surface area contributed by atoms with Gasteiger partial charge in [0.05, 0.1) is 5.69 Å². The minimum absolute atomic E-state index is 0.0249. The lowest BCUT2D eigenvalue weighted by molar-refractivity contribution is -0.116. The van der Waals surface area contributed by atoms with Gasteiger partial charge in [0, 0.05) is 40.0 Å². The molecule has 136 valence electrons. The third-order valence-corrected chi connectivity index (χ3v) is 5.56. The molecule has 6 heteroatoms. The van der Waals surface area contributed by atoms with Crippen molar-refractivity contribution in [2.45, 2.75) is 19.8 Å². The zero-order valence-electron chi connectivity index (χ0n) is 14.8. The average Bonchev–Trinajstić information content (AvgIpc) is 3.25. The zero-order valence-corrected chi connectivity index (χ0v) is 16.3. The molecule has 4 nitrogen and oxygen atoms in total. The molecule has 0 aliphatic rings. The topological polar surface area (TPSA) is 46.4 Å². The molecule has 0 spiro atoms. The molecule has 0 aliphatic carbocycles. The van der Waals surface area contributed by atoms with E-state index in [0.29, 0.717) is 17.9 Å². The van der Waals surface area contributed by atoms with Crippen molar-refractivity contribution in [3.63, 3.8) is 0 Å². The maximum atomic E-state index is 12.4. The van der Waals surface area contributed by atoms with E-state index in [1.165, 1.54) is 0 Å². The van der Waals surface area contributed by atoms with Gasteiger partial charge in [0.2, 0.25) is 5.91 Å². The van der Waals surface area contributed by atoms with Crippen molar-refractivity contribution >= 4 is 39.5 Å². The number of imidazole rings is 1. The van der Waals surface area contributed by atoms with E-state index in [0.717, 1.165) is 33.2 Å². The highest BCUT2D eigenvalue weighted by molar-refractivity contribution is 7.15. The number of aromatic nitrogens is 2. The molecule has 27 heavy (non-hydrogen) atoms. The van der Waals surface area contributed by atoms with Crippen molar-refractivity contribution in [1.82, 2.24) is 9.38 Å². The SMILES string of the molecule is Cc1ccc(Cl)cc1NC(=O)CCc1csc2nc(-c3ccccc3)cn12. The first-order valence-electron chi connectivity index (χ1n) is 8.67.